The zero-order chi connectivity index (χ0) is 27.7. The van der Waals surface area contributed by atoms with Gasteiger partial charge in [0, 0.05) is 13.0 Å². The lowest BCUT2D eigenvalue weighted by Crippen LogP contribution is -2.54. The van der Waals surface area contributed by atoms with Crippen LogP contribution in [-0.4, -0.2) is 90.5 Å². The van der Waals surface area contributed by atoms with E-state index in [2.05, 4.69) is 15.9 Å². The van der Waals surface area contributed by atoms with Crippen molar-refractivity contribution in [3.8, 4) is 0 Å². The second-order valence-corrected chi connectivity index (χ2v) is 10.5. The van der Waals surface area contributed by atoms with Gasteiger partial charge in [-0.15, -0.1) is 0 Å². The standard InChI is InChI=1S/C27H36BrNO9/c1-18(2)21-17-37-26(33)29(21)25(32)20(15-19-7-4-3-5-8-19)24-22(31)16-23(28)27(34,38-24)9-6-11-35-13-14-36-12-10-30/h3-5,7-8,16,18,20-21,24,30,34H,6,9-15,17H2,1-2H3/t20-,21+,24-,27+/m0/s1. The minimum atomic E-state index is -1.85. The summed E-state index contributed by atoms with van der Waals surface area (Å²) < 4.78 is 22.0. The fourth-order valence-electron chi connectivity index (χ4n) is 4.45. The zero-order valence-corrected chi connectivity index (χ0v) is 23.3. The molecule has 0 bridgehead atoms. The third-order valence-corrected chi connectivity index (χ3v) is 7.40. The molecule has 38 heavy (non-hydrogen) atoms. The van der Waals surface area contributed by atoms with E-state index in [-0.39, 0.29) is 43.1 Å². The highest BCUT2D eigenvalue weighted by atomic mass is 79.9. The van der Waals surface area contributed by atoms with Gasteiger partial charge in [0.05, 0.1) is 42.9 Å². The number of hydrogen-bond acceptors (Lipinski definition) is 9. The van der Waals surface area contributed by atoms with Gasteiger partial charge in [-0.1, -0.05) is 44.2 Å². The molecule has 0 radical (unpaired) electrons. The van der Waals surface area contributed by atoms with Crippen LogP contribution in [0.3, 0.4) is 0 Å². The van der Waals surface area contributed by atoms with Crippen LogP contribution in [0, 0.1) is 11.8 Å². The fraction of sp³-hybridized carbons (Fsp3) is 0.593. The molecule has 2 aliphatic heterocycles. The van der Waals surface area contributed by atoms with Gasteiger partial charge in [0.1, 0.15) is 12.7 Å². The second-order valence-electron chi connectivity index (χ2n) is 9.66. The molecule has 0 unspecified atom stereocenters. The summed E-state index contributed by atoms with van der Waals surface area (Å²) in [5.74, 6) is -4.03. The van der Waals surface area contributed by atoms with E-state index in [1.54, 1.807) is 0 Å². The molecule has 2 amide bonds. The quantitative estimate of drug-likeness (QED) is 0.310. The van der Waals surface area contributed by atoms with Crippen molar-refractivity contribution in [2.75, 3.05) is 39.6 Å². The number of aliphatic hydroxyl groups is 2. The summed E-state index contributed by atoms with van der Waals surface area (Å²) in [6.45, 7) is 5.00. The number of hydrogen-bond donors (Lipinski definition) is 2. The molecule has 1 saturated heterocycles. The molecule has 0 aliphatic carbocycles. The molecule has 3 rings (SSSR count). The predicted octanol–water partition coefficient (Wildman–Crippen LogP) is 2.59. The Morgan fingerprint density at radius 3 is 2.50 bits per heavy atom. The molecule has 10 nitrogen and oxygen atoms in total. The number of aliphatic hydroxyl groups excluding tert-OH is 1. The first-order valence-corrected chi connectivity index (χ1v) is 13.6. The molecular weight excluding hydrogens is 562 g/mol. The van der Waals surface area contributed by atoms with Crippen LogP contribution in [-0.2, 0) is 35.0 Å². The highest BCUT2D eigenvalue weighted by Gasteiger charge is 2.50. The van der Waals surface area contributed by atoms with Gasteiger partial charge in [-0.05, 0) is 46.3 Å². The largest absolute Gasteiger partial charge is 0.447 e. The highest BCUT2D eigenvalue weighted by Crippen LogP contribution is 2.38. The Balaban J connectivity index is 1.77. The summed E-state index contributed by atoms with van der Waals surface area (Å²) in [4.78, 5) is 40.7. The number of nitrogens with zero attached hydrogens (tertiary/aromatic N) is 1. The van der Waals surface area contributed by atoms with E-state index < -0.39 is 41.6 Å². The first kappa shape index (κ1) is 30.4. The first-order chi connectivity index (χ1) is 18.2. The molecule has 0 saturated carbocycles. The molecule has 210 valence electrons. The summed E-state index contributed by atoms with van der Waals surface area (Å²) in [6.07, 6.45) is -0.206. The number of benzene rings is 1. The van der Waals surface area contributed by atoms with E-state index in [9.17, 15) is 19.5 Å². The van der Waals surface area contributed by atoms with Crippen molar-refractivity contribution in [3.63, 3.8) is 0 Å². The lowest BCUT2D eigenvalue weighted by Gasteiger charge is -2.39. The van der Waals surface area contributed by atoms with Crippen LogP contribution < -0.4 is 0 Å². The minimum Gasteiger partial charge on any atom is -0.447 e. The molecule has 0 spiro atoms. The average molecular weight is 598 g/mol. The third-order valence-electron chi connectivity index (χ3n) is 6.55. The predicted molar refractivity (Wildman–Crippen MR) is 140 cm³/mol. The van der Waals surface area contributed by atoms with E-state index >= 15 is 0 Å². The van der Waals surface area contributed by atoms with Gasteiger partial charge in [-0.2, -0.15) is 0 Å². The van der Waals surface area contributed by atoms with Gasteiger partial charge in [-0.3, -0.25) is 9.59 Å². The maximum absolute atomic E-state index is 13.9. The van der Waals surface area contributed by atoms with Gasteiger partial charge in [0.15, 0.2) is 11.6 Å². The summed E-state index contributed by atoms with van der Waals surface area (Å²) in [6, 6.07) is 8.68. The fourth-order valence-corrected chi connectivity index (χ4v) is 4.97. The minimum absolute atomic E-state index is 0.0502. The Labute approximate surface area is 231 Å². The number of ketones is 1. The summed E-state index contributed by atoms with van der Waals surface area (Å²) >= 11 is 3.26. The summed E-state index contributed by atoms with van der Waals surface area (Å²) in [7, 11) is 0. The van der Waals surface area contributed by atoms with Crippen LogP contribution in [0.15, 0.2) is 40.9 Å². The maximum atomic E-state index is 13.9. The van der Waals surface area contributed by atoms with E-state index in [0.717, 1.165) is 10.5 Å². The molecule has 1 fully saturated rings. The molecule has 1 aromatic carbocycles. The topological polar surface area (TPSA) is 132 Å². The van der Waals surface area contributed by atoms with Crippen molar-refractivity contribution >= 4 is 33.7 Å². The number of amides is 2. The number of rotatable bonds is 14. The average Bonchev–Trinajstić information content (AvgIpc) is 3.28. The van der Waals surface area contributed by atoms with Gasteiger partial charge in [0.25, 0.3) is 0 Å². The molecule has 0 aromatic heterocycles. The first-order valence-electron chi connectivity index (χ1n) is 12.8. The van der Waals surface area contributed by atoms with Crippen molar-refractivity contribution in [1.29, 1.82) is 0 Å². The summed E-state index contributed by atoms with van der Waals surface area (Å²) in [5, 5.41) is 20.1. The molecule has 2 aliphatic rings. The Morgan fingerprint density at radius 1 is 1.16 bits per heavy atom. The number of carbonyl (C=O) groups is 3. The smallest absolute Gasteiger partial charge is 0.416 e. The highest BCUT2D eigenvalue weighted by molar-refractivity contribution is 9.11. The van der Waals surface area contributed by atoms with Gasteiger partial charge < -0.3 is 29.2 Å². The maximum Gasteiger partial charge on any atom is 0.416 e. The molecule has 2 N–H and O–H groups in total. The molecule has 2 heterocycles. The monoisotopic (exact) mass is 597 g/mol. The van der Waals surface area contributed by atoms with Crippen LogP contribution >= 0.6 is 15.9 Å². The Hall–Kier alpha value is -2.15. The molecule has 4 atom stereocenters. The molecule has 11 heteroatoms. The van der Waals surface area contributed by atoms with Gasteiger partial charge >= 0.3 is 6.09 Å². The van der Waals surface area contributed by atoms with Crippen molar-refractivity contribution in [1.82, 2.24) is 4.90 Å². The van der Waals surface area contributed by atoms with Crippen LogP contribution in [0.1, 0.15) is 32.3 Å². The number of halogens is 1. The summed E-state index contributed by atoms with van der Waals surface area (Å²) in [5.41, 5.74) is 0.782. The van der Waals surface area contributed by atoms with Crippen molar-refractivity contribution in [3.05, 3.63) is 46.5 Å². The van der Waals surface area contributed by atoms with E-state index in [4.69, 9.17) is 24.1 Å². The van der Waals surface area contributed by atoms with Crippen LogP contribution in [0.4, 0.5) is 4.79 Å². The SMILES string of the molecule is CC(C)[C@H]1COC(=O)N1C(=O)[C@@H](Cc1ccccc1)[C@@H]1O[C@](O)(CCCOCCOCCO)C(Br)=CC1=O. The number of ether oxygens (including phenoxy) is 4. The number of cyclic esters (lactones) is 1. The van der Waals surface area contributed by atoms with Gasteiger partial charge in [-0.25, -0.2) is 9.69 Å². The van der Waals surface area contributed by atoms with E-state index in [1.807, 2.05) is 44.2 Å². The molecular formula is C27H36BrNO9. The van der Waals surface area contributed by atoms with Crippen molar-refractivity contribution in [2.45, 2.75) is 51.0 Å². The van der Waals surface area contributed by atoms with Crippen molar-refractivity contribution < 1.29 is 43.5 Å². The van der Waals surface area contributed by atoms with Crippen LogP contribution in [0.25, 0.3) is 0 Å². The van der Waals surface area contributed by atoms with E-state index in [1.165, 1.54) is 6.08 Å². The normalized spacial score (nSPS) is 24.5. The third kappa shape index (κ3) is 7.71. The molecule has 1 aromatic rings. The number of carbonyl (C=O) groups excluding carboxylic acids is 3. The van der Waals surface area contributed by atoms with E-state index in [0.29, 0.717) is 26.2 Å². The van der Waals surface area contributed by atoms with Crippen molar-refractivity contribution in [2.24, 2.45) is 11.8 Å². The van der Waals surface area contributed by atoms with Crippen LogP contribution in [0.5, 0.6) is 0 Å². The Morgan fingerprint density at radius 2 is 1.84 bits per heavy atom. The zero-order valence-electron chi connectivity index (χ0n) is 21.7. The Kier molecular flexibility index (Phi) is 11.4. The van der Waals surface area contributed by atoms with Gasteiger partial charge in [0.2, 0.25) is 5.91 Å². The lowest BCUT2D eigenvalue weighted by molar-refractivity contribution is -0.218. The Bertz CT molecular complexity index is 986. The number of imide groups is 1. The van der Waals surface area contributed by atoms with Crippen LogP contribution in [0.2, 0.25) is 0 Å². The lowest BCUT2D eigenvalue weighted by atomic mass is 9.87. The second kappa shape index (κ2) is 14.3.